The number of fused-ring (bicyclic) bond motifs is 1. The normalized spacial score (nSPS) is 12.5. The van der Waals surface area contributed by atoms with E-state index in [1.165, 1.54) is 6.07 Å². The number of alkyl halides is 3. The van der Waals surface area contributed by atoms with E-state index in [-0.39, 0.29) is 11.5 Å². The molecular weight excluding hydrogens is 281 g/mol. The third kappa shape index (κ3) is 3.29. The molecule has 0 radical (unpaired) electrons. The lowest BCUT2D eigenvalue weighted by Gasteiger charge is -2.18. The Labute approximate surface area is 121 Å². The average molecular weight is 300 g/mol. The van der Waals surface area contributed by atoms with Gasteiger partial charge in [-0.15, -0.1) is 0 Å². The summed E-state index contributed by atoms with van der Waals surface area (Å²) >= 11 is 0. The van der Waals surface area contributed by atoms with Crippen molar-refractivity contribution in [1.29, 1.82) is 0 Å². The van der Waals surface area contributed by atoms with E-state index in [4.69, 9.17) is 5.73 Å². The Morgan fingerprint density at radius 2 is 1.90 bits per heavy atom. The molecule has 0 saturated heterocycles. The lowest BCUT2D eigenvalue weighted by molar-refractivity contribution is -0.137. The van der Waals surface area contributed by atoms with Crippen LogP contribution in [-0.4, -0.2) is 34.1 Å². The fourth-order valence-electron chi connectivity index (χ4n) is 2.34. The Morgan fingerprint density at radius 3 is 2.48 bits per heavy atom. The molecule has 21 heavy (non-hydrogen) atoms. The first-order valence-electron chi connectivity index (χ1n) is 6.92. The number of likely N-dealkylation sites (N-methyl/N-ethyl adjacent to an activating group) is 1. The molecule has 0 amide bonds. The molecule has 0 unspecified atom stereocenters. The van der Waals surface area contributed by atoms with Gasteiger partial charge in [-0.25, -0.2) is 4.98 Å². The number of nitrogen functional groups attached to an aromatic ring is 1. The first kappa shape index (κ1) is 15.6. The number of aromatic nitrogens is 2. The molecule has 1 aromatic heterocycles. The Balaban J connectivity index is 2.31. The molecular formula is C14H19F3N4. The number of anilines is 1. The number of imidazole rings is 1. The Bertz CT molecular complexity index is 614. The highest BCUT2D eigenvalue weighted by Gasteiger charge is 2.31. The minimum atomic E-state index is -4.37. The van der Waals surface area contributed by atoms with Crippen LogP contribution in [0.5, 0.6) is 0 Å². The van der Waals surface area contributed by atoms with Gasteiger partial charge in [0, 0.05) is 13.1 Å². The number of benzene rings is 1. The van der Waals surface area contributed by atoms with E-state index in [1.807, 2.05) is 0 Å². The van der Waals surface area contributed by atoms with E-state index in [0.717, 1.165) is 31.8 Å². The summed E-state index contributed by atoms with van der Waals surface area (Å²) in [4.78, 5) is 6.26. The van der Waals surface area contributed by atoms with Crippen LogP contribution < -0.4 is 5.73 Å². The van der Waals surface area contributed by atoms with Gasteiger partial charge in [0.2, 0.25) is 5.95 Å². The van der Waals surface area contributed by atoms with Gasteiger partial charge in [-0.2, -0.15) is 13.2 Å². The maximum Gasteiger partial charge on any atom is 0.416 e. The van der Waals surface area contributed by atoms with E-state index in [0.29, 0.717) is 12.1 Å². The van der Waals surface area contributed by atoms with Crippen molar-refractivity contribution >= 4 is 17.0 Å². The van der Waals surface area contributed by atoms with Gasteiger partial charge in [0.25, 0.3) is 0 Å². The molecule has 0 aliphatic carbocycles. The first-order valence-corrected chi connectivity index (χ1v) is 6.92. The van der Waals surface area contributed by atoms with Gasteiger partial charge in [0.15, 0.2) is 0 Å². The molecule has 1 aromatic carbocycles. The van der Waals surface area contributed by atoms with Crippen LogP contribution in [0.25, 0.3) is 11.0 Å². The van der Waals surface area contributed by atoms with E-state index in [1.54, 1.807) is 4.57 Å². The largest absolute Gasteiger partial charge is 0.416 e. The fraction of sp³-hybridized carbons (Fsp3) is 0.500. The van der Waals surface area contributed by atoms with E-state index < -0.39 is 11.7 Å². The van der Waals surface area contributed by atoms with Crippen LogP contribution in [0.2, 0.25) is 0 Å². The number of rotatable bonds is 5. The van der Waals surface area contributed by atoms with Crippen molar-refractivity contribution in [3.05, 3.63) is 23.8 Å². The van der Waals surface area contributed by atoms with E-state index >= 15 is 0 Å². The monoisotopic (exact) mass is 300 g/mol. The van der Waals surface area contributed by atoms with Gasteiger partial charge < -0.3 is 15.2 Å². The van der Waals surface area contributed by atoms with Crippen molar-refractivity contribution in [2.75, 3.05) is 25.4 Å². The number of nitrogens with two attached hydrogens (primary N) is 1. The van der Waals surface area contributed by atoms with Gasteiger partial charge in [-0.3, -0.25) is 0 Å². The molecule has 0 aliphatic rings. The van der Waals surface area contributed by atoms with Gasteiger partial charge in [0.1, 0.15) is 0 Å². The zero-order chi connectivity index (χ0) is 15.6. The average Bonchev–Trinajstić information content (AvgIpc) is 2.74. The number of nitrogens with zero attached hydrogens (tertiary/aromatic N) is 3. The second kappa shape index (κ2) is 5.93. The Morgan fingerprint density at radius 1 is 1.24 bits per heavy atom. The van der Waals surface area contributed by atoms with Crippen LogP contribution in [-0.2, 0) is 12.7 Å². The molecule has 0 fully saturated rings. The molecule has 0 spiro atoms. The van der Waals surface area contributed by atoms with Gasteiger partial charge in [-0.05, 0) is 31.3 Å². The summed E-state index contributed by atoms with van der Waals surface area (Å²) < 4.78 is 39.8. The van der Waals surface area contributed by atoms with Crippen molar-refractivity contribution in [2.45, 2.75) is 26.6 Å². The molecule has 7 heteroatoms. The molecule has 116 valence electrons. The standard InChI is InChI=1S/C14H19F3N4/c1-3-20(4-2)7-8-21-12-6-5-10(14(15,16)17)9-11(12)19-13(21)18/h5-6,9H,3-4,7-8H2,1-2H3,(H2,18,19). The van der Waals surface area contributed by atoms with E-state index in [2.05, 4.69) is 23.7 Å². The molecule has 2 aromatic rings. The van der Waals surface area contributed by atoms with Crippen LogP contribution in [0.1, 0.15) is 19.4 Å². The minimum absolute atomic E-state index is 0.247. The molecule has 0 atom stereocenters. The molecule has 2 N–H and O–H groups in total. The topological polar surface area (TPSA) is 47.1 Å². The van der Waals surface area contributed by atoms with Crippen LogP contribution in [0.3, 0.4) is 0 Å². The Kier molecular flexibility index (Phi) is 4.41. The second-order valence-electron chi connectivity index (χ2n) is 4.85. The molecule has 0 saturated carbocycles. The number of halogens is 3. The summed E-state index contributed by atoms with van der Waals surface area (Å²) in [5.41, 5.74) is 6.04. The summed E-state index contributed by atoms with van der Waals surface area (Å²) in [7, 11) is 0. The van der Waals surface area contributed by atoms with Gasteiger partial charge in [0.05, 0.1) is 16.6 Å². The summed E-state index contributed by atoms with van der Waals surface area (Å²) in [5, 5.41) is 0. The van der Waals surface area contributed by atoms with Crippen molar-refractivity contribution < 1.29 is 13.2 Å². The lowest BCUT2D eigenvalue weighted by atomic mass is 10.2. The van der Waals surface area contributed by atoms with Crippen molar-refractivity contribution in [2.24, 2.45) is 0 Å². The fourth-order valence-corrected chi connectivity index (χ4v) is 2.34. The third-order valence-electron chi connectivity index (χ3n) is 3.64. The summed E-state index contributed by atoms with van der Waals surface area (Å²) in [6.45, 7) is 7.35. The van der Waals surface area contributed by atoms with Crippen LogP contribution in [0.4, 0.5) is 19.1 Å². The van der Waals surface area contributed by atoms with Crippen LogP contribution in [0.15, 0.2) is 18.2 Å². The third-order valence-corrected chi connectivity index (χ3v) is 3.64. The molecule has 2 rings (SSSR count). The zero-order valence-corrected chi connectivity index (χ0v) is 12.1. The first-order chi connectivity index (χ1) is 9.86. The summed E-state index contributed by atoms with van der Waals surface area (Å²) in [6, 6.07) is 3.54. The van der Waals surface area contributed by atoms with Crippen molar-refractivity contribution in [1.82, 2.24) is 14.5 Å². The summed E-state index contributed by atoms with van der Waals surface area (Å²) in [5.74, 6) is 0.247. The smallest absolute Gasteiger partial charge is 0.369 e. The Hall–Kier alpha value is -1.76. The highest BCUT2D eigenvalue weighted by Crippen LogP contribution is 2.31. The minimum Gasteiger partial charge on any atom is -0.369 e. The molecule has 1 heterocycles. The maximum absolute atomic E-state index is 12.7. The predicted octanol–water partition coefficient (Wildman–Crippen LogP) is 2.98. The number of hydrogen-bond acceptors (Lipinski definition) is 3. The van der Waals surface area contributed by atoms with Gasteiger partial charge in [-0.1, -0.05) is 13.8 Å². The van der Waals surface area contributed by atoms with Gasteiger partial charge >= 0.3 is 6.18 Å². The number of hydrogen-bond donors (Lipinski definition) is 1. The maximum atomic E-state index is 12.7. The predicted molar refractivity (Wildman–Crippen MR) is 76.9 cm³/mol. The molecule has 4 nitrogen and oxygen atoms in total. The highest BCUT2D eigenvalue weighted by molar-refractivity contribution is 5.79. The van der Waals surface area contributed by atoms with Crippen LogP contribution >= 0.6 is 0 Å². The molecule has 0 aliphatic heterocycles. The summed E-state index contributed by atoms with van der Waals surface area (Å²) in [6.07, 6.45) is -4.37. The highest BCUT2D eigenvalue weighted by atomic mass is 19.4. The molecule has 0 bridgehead atoms. The second-order valence-corrected chi connectivity index (χ2v) is 4.85. The zero-order valence-electron chi connectivity index (χ0n) is 12.1. The van der Waals surface area contributed by atoms with Crippen molar-refractivity contribution in [3.63, 3.8) is 0 Å². The van der Waals surface area contributed by atoms with Crippen LogP contribution in [0, 0.1) is 0 Å². The quantitative estimate of drug-likeness (QED) is 0.923. The SMILES string of the molecule is CCN(CC)CCn1c(N)nc2cc(C(F)(F)F)ccc21. The lowest BCUT2D eigenvalue weighted by Crippen LogP contribution is -2.27. The van der Waals surface area contributed by atoms with Crippen molar-refractivity contribution in [3.8, 4) is 0 Å². The van der Waals surface area contributed by atoms with E-state index in [9.17, 15) is 13.2 Å².